The van der Waals surface area contributed by atoms with Gasteiger partial charge in [-0.05, 0) is 0 Å². The number of aromatic nitrogens is 8. The topological polar surface area (TPSA) is 125 Å². The van der Waals surface area contributed by atoms with Crippen LogP contribution >= 0.6 is 0 Å². The molecule has 0 unspecified atom stereocenters. The molecule has 3 N–H and O–H groups in total. The zero-order valence-corrected chi connectivity index (χ0v) is 9.96. The summed E-state index contributed by atoms with van der Waals surface area (Å²) in [6, 6.07) is 0. The van der Waals surface area contributed by atoms with E-state index in [0.717, 1.165) is 5.69 Å². The first kappa shape index (κ1) is 11.1. The summed E-state index contributed by atoms with van der Waals surface area (Å²) in [6.07, 6.45) is 6.29. The minimum atomic E-state index is 0.0897. The van der Waals surface area contributed by atoms with Gasteiger partial charge in [-0.2, -0.15) is 29.8 Å². The van der Waals surface area contributed by atoms with Crippen molar-refractivity contribution in [3.05, 3.63) is 25.0 Å². The second kappa shape index (κ2) is 4.33. The Morgan fingerprint density at radius 1 is 1.21 bits per heavy atom. The van der Waals surface area contributed by atoms with Crippen LogP contribution in [0.15, 0.2) is 25.0 Å². The van der Waals surface area contributed by atoms with Crippen molar-refractivity contribution in [3.63, 3.8) is 0 Å². The van der Waals surface area contributed by atoms with Crippen LogP contribution in [0.25, 0.3) is 5.95 Å². The second-order valence-electron chi connectivity index (χ2n) is 3.68. The summed E-state index contributed by atoms with van der Waals surface area (Å²) >= 11 is 0. The average molecular weight is 258 g/mol. The van der Waals surface area contributed by atoms with Crippen LogP contribution in [0.5, 0.6) is 0 Å². The van der Waals surface area contributed by atoms with Crippen LogP contribution in [0.2, 0.25) is 0 Å². The molecule has 0 bridgehead atoms. The van der Waals surface area contributed by atoms with E-state index in [-0.39, 0.29) is 11.9 Å². The van der Waals surface area contributed by atoms with Gasteiger partial charge in [0, 0.05) is 13.2 Å². The lowest BCUT2D eigenvalue weighted by Crippen LogP contribution is -2.09. The maximum Gasteiger partial charge on any atom is 0.258 e. The Labute approximate surface area is 107 Å². The van der Waals surface area contributed by atoms with Crippen molar-refractivity contribution in [1.29, 1.82) is 0 Å². The summed E-state index contributed by atoms with van der Waals surface area (Å²) in [7, 11) is 1.81. The summed E-state index contributed by atoms with van der Waals surface area (Å²) < 4.78 is 3.05. The predicted octanol–water partition coefficient (Wildman–Crippen LogP) is -0.488. The van der Waals surface area contributed by atoms with Gasteiger partial charge < -0.3 is 11.1 Å². The first-order valence-corrected chi connectivity index (χ1v) is 5.33. The van der Waals surface area contributed by atoms with E-state index < -0.39 is 0 Å². The fraction of sp³-hybridized carbons (Fsp3) is 0.111. The van der Waals surface area contributed by atoms with Crippen LogP contribution in [-0.2, 0) is 7.05 Å². The van der Waals surface area contributed by atoms with Crippen LogP contribution in [0, 0.1) is 0 Å². The van der Waals surface area contributed by atoms with Gasteiger partial charge in [-0.25, -0.2) is 4.98 Å². The third-order valence-electron chi connectivity index (χ3n) is 2.23. The largest absolute Gasteiger partial charge is 0.368 e. The lowest BCUT2D eigenvalue weighted by molar-refractivity contribution is 0.768. The number of hydrogen-bond acceptors (Lipinski definition) is 8. The van der Waals surface area contributed by atoms with Gasteiger partial charge in [-0.3, -0.25) is 4.68 Å². The van der Waals surface area contributed by atoms with Crippen molar-refractivity contribution in [2.45, 2.75) is 0 Å². The third-order valence-corrected chi connectivity index (χ3v) is 2.23. The number of rotatable bonds is 3. The molecule has 3 aromatic heterocycles. The SMILES string of the molecule is Cn1cc(Nc2nc(N)nc(-n3cncn3)n2)cn1. The Balaban J connectivity index is 1.94. The molecular formula is C9H10N10. The standard InChI is InChI=1S/C9H10N10/c1-18-3-6(2-12-18)14-8-15-7(10)16-9(17-8)19-5-11-4-13-19/h2-5H,1H3,(H3,10,14,15,16,17). The van der Waals surface area contributed by atoms with Crippen LogP contribution in [0.4, 0.5) is 17.6 Å². The molecular weight excluding hydrogens is 248 g/mol. The highest BCUT2D eigenvalue weighted by molar-refractivity contribution is 5.51. The summed E-state index contributed by atoms with van der Waals surface area (Å²) in [6.45, 7) is 0. The van der Waals surface area contributed by atoms with E-state index in [0.29, 0.717) is 5.95 Å². The Hall–Kier alpha value is -3.04. The highest BCUT2D eigenvalue weighted by Crippen LogP contribution is 2.12. The third kappa shape index (κ3) is 2.31. The van der Waals surface area contributed by atoms with E-state index >= 15 is 0 Å². The quantitative estimate of drug-likeness (QED) is 0.644. The van der Waals surface area contributed by atoms with Crippen LogP contribution in [0.3, 0.4) is 0 Å². The molecule has 0 atom stereocenters. The molecule has 0 spiro atoms. The second-order valence-corrected chi connectivity index (χ2v) is 3.68. The van der Waals surface area contributed by atoms with Crippen molar-refractivity contribution >= 4 is 17.6 Å². The Kier molecular flexibility index (Phi) is 2.52. The molecule has 96 valence electrons. The Bertz CT molecular complexity index is 685. The summed E-state index contributed by atoms with van der Waals surface area (Å²) in [5.74, 6) is 0.689. The molecule has 0 aromatic carbocycles. The van der Waals surface area contributed by atoms with Gasteiger partial charge in [0.15, 0.2) is 0 Å². The minimum Gasteiger partial charge on any atom is -0.368 e. The fourth-order valence-electron chi connectivity index (χ4n) is 1.47. The molecule has 0 saturated carbocycles. The fourth-order valence-corrected chi connectivity index (χ4v) is 1.47. The Morgan fingerprint density at radius 3 is 2.79 bits per heavy atom. The number of hydrogen-bond donors (Lipinski definition) is 2. The van der Waals surface area contributed by atoms with Crippen molar-refractivity contribution < 1.29 is 0 Å². The lowest BCUT2D eigenvalue weighted by atomic mass is 10.6. The average Bonchev–Trinajstić information content (AvgIpc) is 3.00. The smallest absolute Gasteiger partial charge is 0.258 e. The molecule has 3 heterocycles. The van der Waals surface area contributed by atoms with Gasteiger partial charge in [-0.15, -0.1) is 0 Å². The molecule has 0 aliphatic carbocycles. The zero-order valence-electron chi connectivity index (χ0n) is 9.96. The van der Waals surface area contributed by atoms with Crippen LogP contribution in [0.1, 0.15) is 0 Å². The maximum absolute atomic E-state index is 5.64. The molecule has 19 heavy (non-hydrogen) atoms. The van der Waals surface area contributed by atoms with Gasteiger partial charge in [0.25, 0.3) is 5.95 Å². The molecule has 0 aliphatic rings. The first-order valence-electron chi connectivity index (χ1n) is 5.33. The molecule has 0 saturated heterocycles. The van der Waals surface area contributed by atoms with E-state index in [1.54, 1.807) is 17.1 Å². The number of nitrogens with zero attached hydrogens (tertiary/aromatic N) is 8. The van der Waals surface area contributed by atoms with Gasteiger partial charge >= 0.3 is 0 Å². The number of nitrogen functional groups attached to an aromatic ring is 1. The summed E-state index contributed by atoms with van der Waals surface area (Å²) in [4.78, 5) is 16.0. The van der Waals surface area contributed by atoms with Crippen molar-refractivity contribution in [2.75, 3.05) is 11.1 Å². The minimum absolute atomic E-state index is 0.0897. The Morgan fingerprint density at radius 2 is 2.11 bits per heavy atom. The van der Waals surface area contributed by atoms with E-state index in [1.807, 2.05) is 7.05 Å². The van der Waals surface area contributed by atoms with Gasteiger partial charge in [-0.1, -0.05) is 0 Å². The summed E-state index contributed by atoms with van der Waals surface area (Å²) in [5.41, 5.74) is 6.39. The molecule has 0 aliphatic heterocycles. The molecule has 0 radical (unpaired) electrons. The number of nitrogens with two attached hydrogens (primary N) is 1. The van der Waals surface area contributed by atoms with E-state index in [4.69, 9.17) is 5.73 Å². The normalized spacial score (nSPS) is 10.6. The van der Waals surface area contributed by atoms with E-state index in [9.17, 15) is 0 Å². The van der Waals surface area contributed by atoms with Gasteiger partial charge in [0.1, 0.15) is 12.7 Å². The molecule has 3 aromatic rings. The van der Waals surface area contributed by atoms with Gasteiger partial charge in [0.2, 0.25) is 11.9 Å². The van der Waals surface area contributed by atoms with Gasteiger partial charge in [0.05, 0.1) is 11.9 Å². The molecule has 0 fully saturated rings. The molecule has 10 nitrogen and oxygen atoms in total. The maximum atomic E-state index is 5.64. The highest BCUT2D eigenvalue weighted by Gasteiger charge is 2.07. The predicted molar refractivity (Wildman–Crippen MR) is 65.6 cm³/mol. The van der Waals surface area contributed by atoms with Crippen molar-refractivity contribution in [2.24, 2.45) is 7.05 Å². The number of aryl methyl sites for hydroxylation is 1. The zero-order chi connectivity index (χ0) is 13.2. The number of anilines is 3. The number of nitrogens with one attached hydrogen (secondary N) is 1. The highest BCUT2D eigenvalue weighted by atomic mass is 15.4. The first-order chi connectivity index (χ1) is 9.20. The van der Waals surface area contributed by atoms with Crippen LogP contribution < -0.4 is 11.1 Å². The van der Waals surface area contributed by atoms with E-state index in [2.05, 4.69) is 35.5 Å². The summed E-state index contributed by atoms with van der Waals surface area (Å²) in [5, 5.41) is 10.9. The molecule has 3 rings (SSSR count). The van der Waals surface area contributed by atoms with Crippen molar-refractivity contribution in [1.82, 2.24) is 39.5 Å². The monoisotopic (exact) mass is 258 g/mol. The lowest BCUT2D eigenvalue weighted by Gasteiger charge is -2.04. The molecule has 0 amide bonds. The van der Waals surface area contributed by atoms with E-state index in [1.165, 1.54) is 17.3 Å². The van der Waals surface area contributed by atoms with Crippen molar-refractivity contribution in [3.8, 4) is 5.95 Å². The molecule has 10 heteroatoms. The van der Waals surface area contributed by atoms with Crippen LogP contribution in [-0.4, -0.2) is 39.5 Å².